The maximum atomic E-state index is 14.1. The summed E-state index contributed by atoms with van der Waals surface area (Å²) in [5.74, 6) is -1.68. The maximum absolute atomic E-state index is 14.1. The average Bonchev–Trinajstić information content (AvgIpc) is 2.95. The van der Waals surface area contributed by atoms with Gasteiger partial charge < -0.3 is 4.74 Å². The van der Waals surface area contributed by atoms with Gasteiger partial charge in [-0.15, -0.1) is 5.10 Å². The number of rotatable bonds is 3. The second-order valence-corrected chi connectivity index (χ2v) is 5.64. The second kappa shape index (κ2) is 5.43. The molecular formula is C15H12F4N4O. The minimum Gasteiger partial charge on any atom is -0.460 e. The van der Waals surface area contributed by atoms with Crippen LogP contribution < -0.4 is 4.74 Å². The van der Waals surface area contributed by atoms with Crippen LogP contribution in [-0.4, -0.2) is 31.6 Å². The van der Waals surface area contributed by atoms with Crippen LogP contribution in [0.25, 0.3) is 16.6 Å². The van der Waals surface area contributed by atoms with Gasteiger partial charge in [-0.05, 0) is 37.6 Å². The SMILES string of the molecule is CC(C)(Oc1ncc(-c2ccn3nncc3c2)cc1F)C(F)(F)F. The molecule has 9 heteroatoms. The molecule has 0 aliphatic rings. The minimum atomic E-state index is -4.65. The van der Waals surface area contributed by atoms with Crippen molar-refractivity contribution >= 4 is 5.52 Å². The summed E-state index contributed by atoms with van der Waals surface area (Å²) in [4.78, 5) is 3.69. The van der Waals surface area contributed by atoms with Gasteiger partial charge in [0.25, 0.3) is 5.88 Å². The predicted octanol–water partition coefficient (Wildman–Crippen LogP) is 3.65. The first kappa shape index (κ1) is 16.2. The highest BCUT2D eigenvalue weighted by molar-refractivity contribution is 5.67. The molecule has 0 spiro atoms. The van der Waals surface area contributed by atoms with Crippen LogP contribution in [0.1, 0.15) is 13.8 Å². The van der Waals surface area contributed by atoms with Gasteiger partial charge in [-0.3, -0.25) is 0 Å². The Morgan fingerprint density at radius 3 is 2.50 bits per heavy atom. The Balaban J connectivity index is 1.92. The first-order chi connectivity index (χ1) is 11.2. The number of pyridine rings is 2. The van der Waals surface area contributed by atoms with Crippen molar-refractivity contribution in [3.05, 3.63) is 42.6 Å². The van der Waals surface area contributed by atoms with Crippen LogP contribution in [0.4, 0.5) is 17.6 Å². The van der Waals surface area contributed by atoms with Crippen LogP contribution in [0.3, 0.4) is 0 Å². The molecule has 0 unspecified atom stereocenters. The lowest BCUT2D eigenvalue weighted by molar-refractivity contribution is -0.235. The monoisotopic (exact) mass is 340 g/mol. The molecule has 0 aromatic carbocycles. The van der Waals surface area contributed by atoms with Crippen molar-refractivity contribution < 1.29 is 22.3 Å². The highest BCUT2D eigenvalue weighted by Crippen LogP contribution is 2.35. The summed E-state index contributed by atoms with van der Waals surface area (Å²) in [6.45, 7) is 1.62. The van der Waals surface area contributed by atoms with E-state index in [2.05, 4.69) is 15.3 Å². The maximum Gasteiger partial charge on any atom is 0.427 e. The van der Waals surface area contributed by atoms with Crippen LogP contribution in [0.2, 0.25) is 0 Å². The molecule has 3 aromatic rings. The minimum absolute atomic E-state index is 0.397. The van der Waals surface area contributed by atoms with Gasteiger partial charge >= 0.3 is 6.18 Å². The second-order valence-electron chi connectivity index (χ2n) is 5.64. The number of ether oxygens (including phenoxy) is 1. The summed E-state index contributed by atoms with van der Waals surface area (Å²) in [5.41, 5.74) is -0.845. The first-order valence-electron chi connectivity index (χ1n) is 6.89. The largest absolute Gasteiger partial charge is 0.460 e. The van der Waals surface area contributed by atoms with Gasteiger partial charge in [-0.1, -0.05) is 5.21 Å². The zero-order valence-electron chi connectivity index (χ0n) is 12.7. The van der Waals surface area contributed by atoms with Crippen LogP contribution >= 0.6 is 0 Å². The number of fused-ring (bicyclic) bond motifs is 1. The molecule has 0 aliphatic heterocycles. The van der Waals surface area contributed by atoms with E-state index >= 15 is 0 Å². The van der Waals surface area contributed by atoms with E-state index in [1.165, 1.54) is 16.9 Å². The van der Waals surface area contributed by atoms with E-state index in [0.29, 0.717) is 16.6 Å². The highest BCUT2D eigenvalue weighted by atomic mass is 19.4. The third-order valence-electron chi connectivity index (χ3n) is 3.48. The fraction of sp³-hybridized carbons (Fsp3) is 0.267. The van der Waals surface area contributed by atoms with Crippen LogP contribution in [0, 0.1) is 5.82 Å². The molecule has 126 valence electrons. The average molecular weight is 340 g/mol. The molecule has 0 saturated heterocycles. The van der Waals surface area contributed by atoms with E-state index in [9.17, 15) is 17.6 Å². The normalized spacial score (nSPS) is 12.6. The Kier molecular flexibility index (Phi) is 3.66. The zero-order chi connectivity index (χ0) is 17.5. The number of halogens is 4. The summed E-state index contributed by atoms with van der Waals surface area (Å²) in [6.07, 6.45) is -0.246. The fourth-order valence-corrected chi connectivity index (χ4v) is 1.97. The van der Waals surface area contributed by atoms with Gasteiger partial charge in [-0.2, -0.15) is 13.2 Å². The third-order valence-corrected chi connectivity index (χ3v) is 3.48. The van der Waals surface area contributed by atoms with Gasteiger partial charge in [0, 0.05) is 18.0 Å². The molecule has 5 nitrogen and oxygen atoms in total. The van der Waals surface area contributed by atoms with Gasteiger partial charge in [0.15, 0.2) is 11.4 Å². The van der Waals surface area contributed by atoms with Gasteiger partial charge in [-0.25, -0.2) is 13.9 Å². The molecule has 24 heavy (non-hydrogen) atoms. The van der Waals surface area contributed by atoms with Crippen LogP contribution in [0.5, 0.6) is 5.88 Å². The van der Waals surface area contributed by atoms with E-state index < -0.39 is 23.5 Å². The standard InChI is InChI=1S/C15H12F4N4O/c1-14(2,15(17,18)19)24-13-12(16)6-10(7-20-13)9-3-4-23-11(5-9)8-21-22-23/h3-8H,1-2H3. The summed E-state index contributed by atoms with van der Waals surface area (Å²) in [5, 5.41) is 7.53. The van der Waals surface area contributed by atoms with Crippen molar-refractivity contribution in [3.8, 4) is 17.0 Å². The van der Waals surface area contributed by atoms with Crippen molar-refractivity contribution in [3.63, 3.8) is 0 Å². The molecule has 0 fully saturated rings. The number of aromatic nitrogens is 4. The summed E-state index contributed by atoms with van der Waals surface area (Å²) >= 11 is 0. The van der Waals surface area contributed by atoms with Gasteiger partial charge in [0.2, 0.25) is 0 Å². The van der Waals surface area contributed by atoms with E-state index in [0.717, 1.165) is 19.9 Å². The summed E-state index contributed by atoms with van der Waals surface area (Å²) < 4.78 is 58.8. The number of nitrogens with zero attached hydrogens (tertiary/aromatic N) is 4. The lowest BCUT2D eigenvalue weighted by Crippen LogP contribution is -2.45. The van der Waals surface area contributed by atoms with E-state index in [1.807, 2.05) is 0 Å². The van der Waals surface area contributed by atoms with Crippen LogP contribution in [0.15, 0.2) is 36.8 Å². The van der Waals surface area contributed by atoms with E-state index in [4.69, 9.17) is 4.74 Å². The fourth-order valence-electron chi connectivity index (χ4n) is 1.97. The van der Waals surface area contributed by atoms with Gasteiger partial charge in [0.05, 0.1) is 11.7 Å². The molecule has 0 radical (unpaired) electrons. The summed E-state index contributed by atoms with van der Waals surface area (Å²) in [6, 6.07) is 4.44. The van der Waals surface area contributed by atoms with E-state index in [1.54, 1.807) is 18.3 Å². The molecule has 3 heterocycles. The molecule has 0 aliphatic carbocycles. The Morgan fingerprint density at radius 1 is 1.08 bits per heavy atom. The molecule has 0 amide bonds. The molecular weight excluding hydrogens is 328 g/mol. The molecule has 0 bridgehead atoms. The third kappa shape index (κ3) is 2.89. The topological polar surface area (TPSA) is 52.3 Å². The first-order valence-corrected chi connectivity index (χ1v) is 6.89. The predicted molar refractivity (Wildman–Crippen MR) is 76.9 cm³/mol. The number of alkyl halides is 3. The van der Waals surface area contributed by atoms with Gasteiger partial charge in [0.1, 0.15) is 0 Å². The quantitative estimate of drug-likeness (QED) is 0.683. The lowest BCUT2D eigenvalue weighted by Gasteiger charge is -2.28. The van der Waals surface area contributed by atoms with Crippen molar-refractivity contribution in [1.82, 2.24) is 19.8 Å². The summed E-state index contributed by atoms with van der Waals surface area (Å²) in [7, 11) is 0. The highest BCUT2D eigenvalue weighted by Gasteiger charge is 2.50. The Morgan fingerprint density at radius 2 is 1.83 bits per heavy atom. The van der Waals surface area contributed by atoms with Crippen molar-refractivity contribution in [1.29, 1.82) is 0 Å². The van der Waals surface area contributed by atoms with Crippen molar-refractivity contribution in [2.75, 3.05) is 0 Å². The smallest absolute Gasteiger partial charge is 0.427 e. The molecule has 0 atom stereocenters. The molecule has 0 N–H and O–H groups in total. The number of hydrogen-bond acceptors (Lipinski definition) is 4. The Hall–Kier alpha value is -2.71. The van der Waals surface area contributed by atoms with E-state index in [-0.39, 0.29) is 0 Å². The van der Waals surface area contributed by atoms with Crippen LogP contribution in [-0.2, 0) is 0 Å². The molecule has 3 rings (SSSR count). The molecule has 0 saturated carbocycles. The Bertz CT molecular complexity index is 889. The Labute approximate surface area is 133 Å². The molecule has 3 aromatic heterocycles. The van der Waals surface area contributed by atoms with Crippen molar-refractivity contribution in [2.45, 2.75) is 25.6 Å². The lowest BCUT2D eigenvalue weighted by atomic mass is 10.1. The number of hydrogen-bond donors (Lipinski definition) is 0. The van der Waals surface area contributed by atoms with Crippen molar-refractivity contribution in [2.24, 2.45) is 0 Å². The zero-order valence-corrected chi connectivity index (χ0v) is 12.7.